The fourth-order valence-electron chi connectivity index (χ4n) is 2.81. The molecule has 0 fully saturated rings. The van der Waals surface area contributed by atoms with Gasteiger partial charge in [0.2, 0.25) is 0 Å². The van der Waals surface area contributed by atoms with Crippen molar-refractivity contribution in [2.45, 2.75) is 18.5 Å². The molecule has 0 saturated heterocycles. The van der Waals surface area contributed by atoms with Crippen LogP contribution in [0.25, 0.3) is 11.0 Å². The van der Waals surface area contributed by atoms with Crippen LogP contribution in [0.2, 0.25) is 0 Å². The van der Waals surface area contributed by atoms with E-state index < -0.39 is 12.1 Å². The molecule has 4 N–H and O–H groups in total. The van der Waals surface area contributed by atoms with Crippen LogP contribution < -0.4 is 16.4 Å². The summed E-state index contributed by atoms with van der Waals surface area (Å²) in [6.07, 6.45) is -0.167. The summed E-state index contributed by atoms with van der Waals surface area (Å²) in [5.41, 5.74) is 5.90. The van der Waals surface area contributed by atoms with E-state index in [4.69, 9.17) is 11.0 Å². The van der Waals surface area contributed by atoms with Crippen LogP contribution in [0.15, 0.2) is 4.99 Å². The van der Waals surface area contributed by atoms with Gasteiger partial charge < -0.3 is 16.4 Å². The second kappa shape index (κ2) is 7.67. The fraction of sp³-hybridized carbons (Fsp3) is 0.167. The van der Waals surface area contributed by atoms with Crippen LogP contribution in [0.5, 0.6) is 0 Å². The van der Waals surface area contributed by atoms with E-state index >= 15 is 0 Å². The Morgan fingerprint density at radius 1 is 1.00 bits per heavy atom. The van der Waals surface area contributed by atoms with Gasteiger partial charge >= 0.3 is 0 Å². The van der Waals surface area contributed by atoms with Crippen LogP contribution in [-0.2, 0) is 0 Å². The highest BCUT2D eigenvalue weighted by molar-refractivity contribution is 6.17. The van der Waals surface area contributed by atoms with Gasteiger partial charge in [-0.1, -0.05) is 0 Å². The lowest BCUT2D eigenvalue weighted by Crippen LogP contribution is -2.31. The molecule has 3 rings (SSSR count). The molecule has 1 aliphatic rings. The number of nitrogens with zero attached hydrogens (tertiary/aromatic N) is 9. The van der Waals surface area contributed by atoms with Gasteiger partial charge in [0.15, 0.2) is 23.1 Å². The number of benzene rings is 1. The van der Waals surface area contributed by atoms with Gasteiger partial charge in [0.1, 0.15) is 41.0 Å². The summed E-state index contributed by atoms with van der Waals surface area (Å²) in [6.45, 7) is 0. The van der Waals surface area contributed by atoms with Gasteiger partial charge in [0.05, 0.1) is 41.7 Å². The number of nitrogens with two attached hydrogens (primary N) is 1. The number of nitrogens with one attached hydrogen (secondary N) is 2. The largest absolute Gasteiger partial charge is 0.395 e. The number of rotatable bonds is 3. The van der Waals surface area contributed by atoms with E-state index in [-0.39, 0.29) is 57.3 Å². The van der Waals surface area contributed by atoms with Gasteiger partial charge in [-0.3, -0.25) is 0 Å². The summed E-state index contributed by atoms with van der Waals surface area (Å²) in [6, 6.07) is 8.97. The molecule has 2 heterocycles. The number of anilines is 3. The van der Waals surface area contributed by atoms with Crippen LogP contribution >= 0.6 is 0 Å². The number of nitrogen functional groups attached to an aromatic ring is 1. The molecule has 0 aliphatic carbocycles. The maximum Gasteiger partial charge on any atom is 0.177 e. The second-order valence-electron chi connectivity index (χ2n) is 5.86. The Labute approximate surface area is 169 Å². The van der Waals surface area contributed by atoms with Crippen molar-refractivity contribution in [3.63, 3.8) is 0 Å². The molecule has 1 aromatic heterocycles. The third-order valence-corrected chi connectivity index (χ3v) is 4.15. The van der Waals surface area contributed by atoms with Gasteiger partial charge in [-0.2, -0.15) is 31.6 Å². The number of hydrogen-bond donors (Lipinski definition) is 3. The smallest absolute Gasteiger partial charge is 0.177 e. The zero-order chi connectivity index (χ0) is 21.8. The molecule has 0 bridgehead atoms. The number of nitriles is 6. The average molecular weight is 392 g/mol. The molecule has 2 unspecified atom stereocenters. The lowest BCUT2D eigenvalue weighted by atomic mass is 10.0. The maximum atomic E-state index is 9.36. The SMILES string of the molecule is N#CCC(C#N)Nc1c2c(c3nc(C#N)c(C#N)nc3c1N)N=C(C#N)C(C#N)N2. The highest BCUT2D eigenvalue weighted by Gasteiger charge is 2.30. The summed E-state index contributed by atoms with van der Waals surface area (Å²) in [4.78, 5) is 12.4. The van der Waals surface area contributed by atoms with Crippen molar-refractivity contribution in [3.8, 4) is 36.4 Å². The molecule has 140 valence electrons. The van der Waals surface area contributed by atoms with Gasteiger partial charge in [0.25, 0.3) is 0 Å². The number of fused-ring (bicyclic) bond motifs is 3. The summed E-state index contributed by atoms with van der Waals surface area (Å²) < 4.78 is 0. The molecule has 0 amide bonds. The Balaban J connectivity index is 2.43. The van der Waals surface area contributed by atoms with Crippen LogP contribution in [0.3, 0.4) is 0 Å². The van der Waals surface area contributed by atoms with E-state index in [1.807, 2.05) is 24.3 Å². The topological polar surface area (TPSA) is 231 Å². The lowest BCUT2D eigenvalue weighted by Gasteiger charge is -2.25. The molecular formula is C18H8N12. The van der Waals surface area contributed by atoms with Crippen LogP contribution in [-0.4, -0.2) is 27.8 Å². The van der Waals surface area contributed by atoms with E-state index in [1.54, 1.807) is 12.1 Å². The van der Waals surface area contributed by atoms with Crippen molar-refractivity contribution in [1.82, 2.24) is 9.97 Å². The van der Waals surface area contributed by atoms with Gasteiger partial charge in [-0.15, -0.1) is 0 Å². The number of aromatic nitrogens is 2. The molecule has 12 heteroatoms. The van der Waals surface area contributed by atoms with Crippen molar-refractivity contribution in [3.05, 3.63) is 11.4 Å². The Morgan fingerprint density at radius 2 is 1.67 bits per heavy atom. The zero-order valence-electron chi connectivity index (χ0n) is 15.0. The van der Waals surface area contributed by atoms with Crippen LogP contribution in [0.4, 0.5) is 22.7 Å². The molecule has 0 spiro atoms. The van der Waals surface area contributed by atoms with Crippen molar-refractivity contribution in [2.75, 3.05) is 16.4 Å². The Hall–Kier alpha value is -5.43. The molecule has 12 nitrogen and oxygen atoms in total. The fourth-order valence-corrected chi connectivity index (χ4v) is 2.81. The predicted octanol–water partition coefficient (Wildman–Crippen LogP) is 1.09. The molecule has 2 atom stereocenters. The van der Waals surface area contributed by atoms with E-state index in [2.05, 4.69) is 25.6 Å². The molecule has 0 radical (unpaired) electrons. The van der Waals surface area contributed by atoms with Crippen LogP contribution in [0, 0.1) is 68.0 Å². The quantitative estimate of drug-likeness (QED) is 0.493. The monoisotopic (exact) mass is 392 g/mol. The summed E-state index contributed by atoms with van der Waals surface area (Å²) in [7, 11) is 0. The highest BCUT2D eigenvalue weighted by atomic mass is 15.1. The standard InChI is InChI=1S/C18H8N12/c19-2-1-8(3-20)26-14-13(25)15-17(29-10(5-22)9(4-21)27-15)18-16(14)28-11(6-23)12(7-24)30-18/h8,11,26,28H,1,25H2. The normalized spacial score (nSPS) is 14.7. The van der Waals surface area contributed by atoms with Gasteiger partial charge in [-0.05, 0) is 0 Å². The Kier molecular flexibility index (Phi) is 4.94. The number of hydrogen-bond acceptors (Lipinski definition) is 12. The molecule has 0 saturated carbocycles. The first-order valence-electron chi connectivity index (χ1n) is 8.18. The van der Waals surface area contributed by atoms with Gasteiger partial charge in [0, 0.05) is 0 Å². The first-order chi connectivity index (χ1) is 14.5. The maximum absolute atomic E-state index is 9.36. The van der Waals surface area contributed by atoms with Gasteiger partial charge in [-0.25, -0.2) is 15.0 Å². The first kappa shape index (κ1) is 19.3. The van der Waals surface area contributed by atoms with Crippen molar-refractivity contribution in [2.24, 2.45) is 4.99 Å². The van der Waals surface area contributed by atoms with Crippen molar-refractivity contribution >= 4 is 39.5 Å². The number of aliphatic imine (C=N–C) groups is 1. The third-order valence-electron chi connectivity index (χ3n) is 4.15. The van der Waals surface area contributed by atoms with E-state index in [9.17, 15) is 26.3 Å². The average Bonchev–Trinajstić information content (AvgIpc) is 2.79. The summed E-state index contributed by atoms with van der Waals surface area (Å²) in [5, 5.41) is 61.1. The minimum atomic E-state index is -1.10. The first-order valence-corrected chi connectivity index (χ1v) is 8.18. The van der Waals surface area contributed by atoms with Crippen molar-refractivity contribution in [1.29, 1.82) is 31.6 Å². The molecule has 30 heavy (non-hydrogen) atoms. The predicted molar refractivity (Wildman–Crippen MR) is 102 cm³/mol. The summed E-state index contributed by atoms with van der Waals surface area (Å²) in [5.74, 6) is 0. The van der Waals surface area contributed by atoms with E-state index in [1.165, 1.54) is 0 Å². The minimum Gasteiger partial charge on any atom is -0.395 e. The van der Waals surface area contributed by atoms with Crippen molar-refractivity contribution < 1.29 is 0 Å². The molecule has 2 aromatic rings. The Bertz CT molecular complexity index is 1360. The third kappa shape index (κ3) is 2.96. The Morgan fingerprint density at radius 3 is 2.20 bits per heavy atom. The zero-order valence-corrected chi connectivity index (χ0v) is 15.0. The molecule has 1 aliphatic heterocycles. The highest BCUT2D eigenvalue weighted by Crippen LogP contribution is 2.46. The lowest BCUT2D eigenvalue weighted by molar-refractivity contribution is 0.915. The van der Waals surface area contributed by atoms with E-state index in [0.29, 0.717) is 0 Å². The summed E-state index contributed by atoms with van der Waals surface area (Å²) >= 11 is 0. The van der Waals surface area contributed by atoms with E-state index in [0.717, 1.165) is 0 Å². The molecular weight excluding hydrogens is 384 g/mol. The second-order valence-corrected chi connectivity index (χ2v) is 5.86. The minimum absolute atomic E-state index is 0.0127. The van der Waals surface area contributed by atoms with Crippen LogP contribution in [0.1, 0.15) is 17.8 Å². The molecule has 1 aromatic carbocycles.